The Bertz CT molecular complexity index is 545. The molecule has 2 atom stereocenters. The summed E-state index contributed by atoms with van der Waals surface area (Å²) in [6.07, 6.45) is 0.874. The fourth-order valence-electron chi connectivity index (χ4n) is 2.19. The molecule has 0 radical (unpaired) electrons. The lowest BCUT2D eigenvalue weighted by atomic mass is 9.98. The van der Waals surface area contributed by atoms with Crippen molar-refractivity contribution in [1.82, 2.24) is 0 Å². The summed E-state index contributed by atoms with van der Waals surface area (Å²) in [5.41, 5.74) is 0.279. The van der Waals surface area contributed by atoms with Gasteiger partial charge in [-0.05, 0) is 30.4 Å². The van der Waals surface area contributed by atoms with Crippen molar-refractivity contribution < 1.29 is 17.2 Å². The Balaban J connectivity index is 2.08. The van der Waals surface area contributed by atoms with Crippen molar-refractivity contribution in [1.29, 1.82) is 0 Å². The number of hydrogen-bond acceptors (Lipinski definition) is 2. The van der Waals surface area contributed by atoms with Gasteiger partial charge >= 0.3 is 0 Å². The molecule has 1 aliphatic rings. The first-order valence-electron chi connectivity index (χ1n) is 5.66. The lowest BCUT2D eigenvalue weighted by Gasteiger charge is -2.16. The Hall–Kier alpha value is -0.490. The summed E-state index contributed by atoms with van der Waals surface area (Å²) in [5.74, 6) is -1.43. The highest BCUT2D eigenvalue weighted by molar-refractivity contribution is 9.09. The molecule has 6 heteroatoms. The summed E-state index contributed by atoms with van der Waals surface area (Å²) >= 11 is 3.40. The van der Waals surface area contributed by atoms with Gasteiger partial charge in [0.1, 0.15) is 0 Å². The van der Waals surface area contributed by atoms with E-state index in [0.29, 0.717) is 12.8 Å². The summed E-state index contributed by atoms with van der Waals surface area (Å²) in [5, 5.41) is 0. The number of halogens is 3. The van der Waals surface area contributed by atoms with Gasteiger partial charge in [0.15, 0.2) is 21.5 Å². The van der Waals surface area contributed by atoms with Crippen molar-refractivity contribution in [2.75, 3.05) is 11.5 Å². The average molecular weight is 339 g/mol. The highest BCUT2D eigenvalue weighted by atomic mass is 79.9. The first-order chi connectivity index (χ1) is 8.39. The highest BCUT2D eigenvalue weighted by Gasteiger charge is 2.32. The van der Waals surface area contributed by atoms with Crippen LogP contribution in [0.2, 0.25) is 0 Å². The molecule has 100 valence electrons. The normalized spacial score (nSPS) is 24.1. The Labute approximate surface area is 113 Å². The van der Waals surface area contributed by atoms with Crippen LogP contribution in [0.4, 0.5) is 8.78 Å². The largest absolute Gasteiger partial charge is 0.229 e. The molecule has 2 unspecified atom stereocenters. The molecule has 0 amide bonds. The van der Waals surface area contributed by atoms with Gasteiger partial charge in [-0.3, -0.25) is 0 Å². The maximum atomic E-state index is 13.5. The second-order valence-corrected chi connectivity index (χ2v) is 8.00. The van der Waals surface area contributed by atoms with Crippen LogP contribution >= 0.6 is 15.9 Å². The van der Waals surface area contributed by atoms with E-state index in [-0.39, 0.29) is 27.8 Å². The summed E-state index contributed by atoms with van der Waals surface area (Å²) in [6, 6.07) is 4.05. The van der Waals surface area contributed by atoms with Crippen LogP contribution in [0, 0.1) is 17.6 Å². The molecular formula is C12H13BrF2O2S. The number of hydrogen-bond donors (Lipinski definition) is 0. The predicted octanol–water partition coefficient (Wildman–Crippen LogP) is 2.71. The summed E-state index contributed by atoms with van der Waals surface area (Å²) in [7, 11) is -2.95. The van der Waals surface area contributed by atoms with Gasteiger partial charge in [-0.15, -0.1) is 0 Å². The van der Waals surface area contributed by atoms with E-state index in [2.05, 4.69) is 15.9 Å². The third-order valence-electron chi connectivity index (χ3n) is 3.23. The molecule has 0 bridgehead atoms. The molecule has 2 nitrogen and oxygen atoms in total. The van der Waals surface area contributed by atoms with Crippen molar-refractivity contribution in [2.24, 2.45) is 5.92 Å². The minimum Gasteiger partial charge on any atom is -0.229 e. The zero-order valence-electron chi connectivity index (χ0n) is 9.57. The second kappa shape index (κ2) is 5.25. The van der Waals surface area contributed by atoms with Crippen LogP contribution < -0.4 is 0 Å². The van der Waals surface area contributed by atoms with E-state index < -0.39 is 21.5 Å². The highest BCUT2D eigenvalue weighted by Crippen LogP contribution is 2.29. The summed E-state index contributed by atoms with van der Waals surface area (Å²) in [6.45, 7) is 0. The Morgan fingerprint density at radius 2 is 2.11 bits per heavy atom. The summed E-state index contributed by atoms with van der Waals surface area (Å²) < 4.78 is 49.3. The Morgan fingerprint density at radius 1 is 1.39 bits per heavy atom. The lowest BCUT2D eigenvalue weighted by molar-refractivity contribution is 0.489. The average Bonchev–Trinajstić information content (AvgIpc) is 2.65. The molecule has 1 aromatic carbocycles. The third kappa shape index (κ3) is 3.09. The van der Waals surface area contributed by atoms with Crippen molar-refractivity contribution in [3.8, 4) is 0 Å². The number of sulfone groups is 1. The molecule has 1 aliphatic heterocycles. The molecular weight excluding hydrogens is 326 g/mol. The van der Waals surface area contributed by atoms with Crippen molar-refractivity contribution in [3.63, 3.8) is 0 Å². The van der Waals surface area contributed by atoms with Crippen LogP contribution in [0.25, 0.3) is 0 Å². The molecule has 1 aromatic rings. The van der Waals surface area contributed by atoms with Crippen LogP contribution in [-0.4, -0.2) is 24.8 Å². The van der Waals surface area contributed by atoms with E-state index in [1.165, 1.54) is 12.1 Å². The van der Waals surface area contributed by atoms with E-state index in [1.807, 2.05) is 0 Å². The van der Waals surface area contributed by atoms with Crippen molar-refractivity contribution >= 4 is 25.8 Å². The minimum absolute atomic E-state index is 0.0299. The van der Waals surface area contributed by atoms with Gasteiger partial charge < -0.3 is 0 Å². The SMILES string of the molecule is O=S1(=O)CCC(C(Br)Cc2cccc(F)c2F)C1. The second-order valence-electron chi connectivity index (χ2n) is 4.60. The number of benzene rings is 1. The molecule has 0 aromatic heterocycles. The van der Waals surface area contributed by atoms with Gasteiger partial charge in [0.25, 0.3) is 0 Å². The van der Waals surface area contributed by atoms with Crippen LogP contribution in [0.5, 0.6) is 0 Å². The van der Waals surface area contributed by atoms with Gasteiger partial charge in [-0.1, -0.05) is 28.1 Å². The zero-order chi connectivity index (χ0) is 13.3. The molecule has 2 rings (SSSR count). The van der Waals surface area contributed by atoms with Crippen LogP contribution in [0.15, 0.2) is 18.2 Å². The van der Waals surface area contributed by atoms with Gasteiger partial charge in [-0.2, -0.15) is 0 Å². The monoisotopic (exact) mass is 338 g/mol. The van der Waals surface area contributed by atoms with E-state index in [0.717, 1.165) is 6.07 Å². The van der Waals surface area contributed by atoms with E-state index >= 15 is 0 Å². The maximum absolute atomic E-state index is 13.5. The van der Waals surface area contributed by atoms with Crippen molar-refractivity contribution in [3.05, 3.63) is 35.4 Å². The summed E-state index contributed by atoms with van der Waals surface area (Å²) in [4.78, 5) is -0.147. The van der Waals surface area contributed by atoms with Crippen LogP contribution in [0.3, 0.4) is 0 Å². The molecule has 1 heterocycles. The van der Waals surface area contributed by atoms with Crippen molar-refractivity contribution in [2.45, 2.75) is 17.7 Å². The molecule has 0 N–H and O–H groups in total. The fraction of sp³-hybridized carbons (Fsp3) is 0.500. The molecule has 1 fully saturated rings. The van der Waals surface area contributed by atoms with Gasteiger partial charge in [0.05, 0.1) is 11.5 Å². The standard InChI is InChI=1S/C12H13BrF2O2S/c13-10(9-4-5-18(16,17)7-9)6-8-2-1-3-11(14)12(8)15/h1-3,9-10H,4-7H2. The topological polar surface area (TPSA) is 34.1 Å². The lowest BCUT2D eigenvalue weighted by Crippen LogP contribution is -2.19. The smallest absolute Gasteiger partial charge is 0.162 e. The van der Waals surface area contributed by atoms with E-state index in [9.17, 15) is 17.2 Å². The third-order valence-corrected chi connectivity index (χ3v) is 6.09. The van der Waals surface area contributed by atoms with Gasteiger partial charge in [0.2, 0.25) is 0 Å². The minimum atomic E-state index is -2.95. The molecule has 0 saturated carbocycles. The maximum Gasteiger partial charge on any atom is 0.162 e. The van der Waals surface area contributed by atoms with E-state index in [4.69, 9.17) is 0 Å². The van der Waals surface area contributed by atoms with Gasteiger partial charge in [0, 0.05) is 4.83 Å². The number of rotatable bonds is 3. The first kappa shape index (κ1) is 13.9. The quantitative estimate of drug-likeness (QED) is 0.794. The van der Waals surface area contributed by atoms with Crippen LogP contribution in [-0.2, 0) is 16.3 Å². The molecule has 0 spiro atoms. The molecule has 0 aliphatic carbocycles. The molecule has 18 heavy (non-hydrogen) atoms. The Kier molecular flexibility index (Phi) is 4.06. The first-order valence-corrected chi connectivity index (χ1v) is 8.40. The zero-order valence-corrected chi connectivity index (χ0v) is 12.0. The van der Waals surface area contributed by atoms with E-state index in [1.54, 1.807) is 0 Å². The van der Waals surface area contributed by atoms with Crippen LogP contribution in [0.1, 0.15) is 12.0 Å². The fourth-order valence-corrected chi connectivity index (χ4v) is 5.12. The van der Waals surface area contributed by atoms with Gasteiger partial charge in [-0.25, -0.2) is 17.2 Å². The predicted molar refractivity (Wildman–Crippen MR) is 69.5 cm³/mol. The number of alkyl halides is 1. The molecule has 1 saturated heterocycles. The Morgan fingerprint density at radius 3 is 2.72 bits per heavy atom.